The number of sulfonamides is 1. The molecule has 0 saturated carbocycles. The Kier molecular flexibility index (Phi) is 6.79. The first-order chi connectivity index (χ1) is 13.8. The maximum atomic E-state index is 12.7. The minimum atomic E-state index is -3.45. The van der Waals surface area contributed by atoms with Gasteiger partial charge in [0, 0.05) is 45.6 Å². The van der Waals surface area contributed by atoms with Crippen LogP contribution in [0.3, 0.4) is 0 Å². The van der Waals surface area contributed by atoms with Crippen molar-refractivity contribution >= 4 is 21.8 Å². The molecular weight excluding hydrogens is 394 g/mol. The molecule has 2 heterocycles. The van der Waals surface area contributed by atoms with Gasteiger partial charge in [-0.2, -0.15) is 4.31 Å². The molecule has 29 heavy (non-hydrogen) atoms. The molecule has 2 amide bonds. The van der Waals surface area contributed by atoms with Crippen molar-refractivity contribution in [1.29, 1.82) is 0 Å². The summed E-state index contributed by atoms with van der Waals surface area (Å²) in [6.45, 7) is 3.55. The average molecular weight is 424 g/mol. The molecule has 1 aromatic carbocycles. The number of hydrogen-bond donors (Lipinski definition) is 1. The highest BCUT2D eigenvalue weighted by molar-refractivity contribution is 7.89. The third-order valence-corrected chi connectivity index (χ3v) is 7.57. The highest BCUT2D eigenvalue weighted by atomic mass is 32.2. The van der Waals surface area contributed by atoms with E-state index in [1.54, 1.807) is 12.0 Å². The van der Waals surface area contributed by atoms with E-state index < -0.39 is 10.0 Å². The van der Waals surface area contributed by atoms with Crippen molar-refractivity contribution < 1.29 is 22.7 Å². The molecule has 2 aliphatic rings. The van der Waals surface area contributed by atoms with Crippen LogP contribution in [0.25, 0.3) is 0 Å². The summed E-state index contributed by atoms with van der Waals surface area (Å²) in [6.07, 6.45) is 1.88. The van der Waals surface area contributed by atoms with Crippen molar-refractivity contribution in [2.24, 2.45) is 5.92 Å². The molecule has 1 fully saturated rings. The number of ether oxygens (including phenoxy) is 1. The van der Waals surface area contributed by atoms with E-state index in [1.165, 1.54) is 11.2 Å². The third kappa shape index (κ3) is 5.27. The van der Waals surface area contributed by atoms with E-state index in [2.05, 4.69) is 5.32 Å². The van der Waals surface area contributed by atoms with Gasteiger partial charge in [-0.25, -0.2) is 8.42 Å². The maximum absolute atomic E-state index is 12.7. The van der Waals surface area contributed by atoms with Crippen LogP contribution in [0.4, 0.5) is 0 Å². The predicted molar refractivity (Wildman–Crippen MR) is 109 cm³/mol. The van der Waals surface area contributed by atoms with Crippen LogP contribution in [0.15, 0.2) is 18.2 Å². The fraction of sp³-hybridized carbons (Fsp3) is 0.600. The van der Waals surface area contributed by atoms with Crippen LogP contribution < -0.4 is 10.1 Å². The molecule has 8 nitrogen and oxygen atoms in total. The number of carbonyl (C=O) groups is 2. The van der Waals surface area contributed by atoms with Crippen LogP contribution in [0.5, 0.6) is 5.75 Å². The van der Waals surface area contributed by atoms with Crippen molar-refractivity contribution in [3.63, 3.8) is 0 Å². The van der Waals surface area contributed by atoms with Gasteiger partial charge in [0.25, 0.3) is 0 Å². The Hall–Kier alpha value is -2.13. The van der Waals surface area contributed by atoms with Crippen molar-refractivity contribution in [2.45, 2.75) is 32.7 Å². The van der Waals surface area contributed by atoms with E-state index in [1.807, 2.05) is 18.2 Å². The Labute approximate surface area is 172 Å². The standard InChI is InChI=1S/C20H29N3O5S/c1-15(24)22-9-5-16(6-10-22)20(25)21-8-12-29(26,27)23-11-7-17-13-19(28-2)4-3-18(17)14-23/h3-4,13,16H,5-12,14H2,1-2H3,(H,21,25). The lowest BCUT2D eigenvalue weighted by molar-refractivity contribution is -0.133. The second-order valence-electron chi connectivity index (χ2n) is 7.61. The Bertz CT molecular complexity index is 863. The van der Waals surface area contributed by atoms with E-state index in [4.69, 9.17) is 4.74 Å². The number of amides is 2. The Morgan fingerprint density at radius 2 is 1.90 bits per heavy atom. The molecule has 0 atom stereocenters. The Morgan fingerprint density at radius 1 is 1.17 bits per heavy atom. The first-order valence-corrected chi connectivity index (χ1v) is 11.6. The number of hydrogen-bond acceptors (Lipinski definition) is 5. The van der Waals surface area contributed by atoms with Gasteiger partial charge in [-0.15, -0.1) is 0 Å². The minimum Gasteiger partial charge on any atom is -0.497 e. The lowest BCUT2D eigenvalue weighted by Crippen LogP contribution is -2.44. The third-order valence-electron chi connectivity index (χ3n) is 5.75. The largest absolute Gasteiger partial charge is 0.497 e. The van der Waals surface area contributed by atoms with Gasteiger partial charge in [0.15, 0.2) is 0 Å². The van der Waals surface area contributed by atoms with Crippen molar-refractivity contribution in [3.05, 3.63) is 29.3 Å². The van der Waals surface area contributed by atoms with Gasteiger partial charge in [-0.3, -0.25) is 9.59 Å². The molecular formula is C20H29N3O5S. The van der Waals surface area contributed by atoms with Gasteiger partial charge in [0.1, 0.15) is 5.75 Å². The molecule has 9 heteroatoms. The van der Waals surface area contributed by atoms with Gasteiger partial charge < -0.3 is 15.0 Å². The van der Waals surface area contributed by atoms with Crippen LogP contribution >= 0.6 is 0 Å². The predicted octanol–water partition coefficient (Wildman–Crippen LogP) is 0.758. The summed E-state index contributed by atoms with van der Waals surface area (Å²) in [4.78, 5) is 25.4. The van der Waals surface area contributed by atoms with Gasteiger partial charge >= 0.3 is 0 Å². The number of carbonyl (C=O) groups excluding carboxylic acids is 2. The second-order valence-corrected chi connectivity index (χ2v) is 9.69. The van der Waals surface area contributed by atoms with Crippen LogP contribution in [-0.4, -0.2) is 68.5 Å². The molecule has 0 radical (unpaired) electrons. The van der Waals surface area contributed by atoms with E-state index >= 15 is 0 Å². The van der Waals surface area contributed by atoms with Gasteiger partial charge in [-0.1, -0.05) is 6.07 Å². The number of likely N-dealkylation sites (tertiary alicyclic amines) is 1. The molecule has 1 saturated heterocycles. The maximum Gasteiger partial charge on any atom is 0.223 e. The molecule has 1 N–H and O–H groups in total. The van der Waals surface area contributed by atoms with E-state index in [-0.39, 0.29) is 30.0 Å². The monoisotopic (exact) mass is 423 g/mol. The second kappa shape index (κ2) is 9.13. The molecule has 0 aromatic heterocycles. The zero-order chi connectivity index (χ0) is 21.0. The molecule has 0 unspecified atom stereocenters. The normalized spacial score (nSPS) is 18.2. The number of piperidine rings is 1. The Balaban J connectivity index is 1.48. The Morgan fingerprint density at radius 3 is 2.55 bits per heavy atom. The SMILES string of the molecule is COc1ccc2c(c1)CCN(S(=O)(=O)CCNC(=O)C1CCN(C(C)=O)CC1)C2. The van der Waals surface area contributed by atoms with Crippen LogP contribution in [0, 0.1) is 5.92 Å². The highest BCUT2D eigenvalue weighted by Crippen LogP contribution is 2.25. The van der Waals surface area contributed by atoms with Crippen molar-refractivity contribution in [1.82, 2.24) is 14.5 Å². The number of nitrogens with one attached hydrogen (secondary N) is 1. The summed E-state index contributed by atoms with van der Waals surface area (Å²) in [6, 6.07) is 5.70. The molecule has 160 valence electrons. The summed E-state index contributed by atoms with van der Waals surface area (Å²) in [5, 5.41) is 2.76. The number of nitrogens with zero attached hydrogens (tertiary/aromatic N) is 2. The van der Waals surface area contributed by atoms with Crippen molar-refractivity contribution in [2.75, 3.05) is 39.0 Å². The first-order valence-electron chi connectivity index (χ1n) is 9.97. The van der Waals surface area contributed by atoms with Crippen molar-refractivity contribution in [3.8, 4) is 5.75 Å². The summed E-state index contributed by atoms with van der Waals surface area (Å²) in [5.74, 6) is 0.398. The van der Waals surface area contributed by atoms with Gasteiger partial charge in [0.05, 0.1) is 12.9 Å². The summed E-state index contributed by atoms with van der Waals surface area (Å²) in [7, 11) is -1.84. The summed E-state index contributed by atoms with van der Waals surface area (Å²) >= 11 is 0. The molecule has 0 aliphatic carbocycles. The van der Waals surface area contributed by atoms with Crippen LogP contribution in [0.1, 0.15) is 30.9 Å². The minimum absolute atomic E-state index is 0.0245. The summed E-state index contributed by atoms with van der Waals surface area (Å²) < 4.78 is 32.1. The first kappa shape index (κ1) is 21.6. The fourth-order valence-electron chi connectivity index (χ4n) is 3.90. The number of methoxy groups -OCH3 is 1. The van der Waals surface area contributed by atoms with E-state index in [0.717, 1.165) is 16.9 Å². The van der Waals surface area contributed by atoms with E-state index in [9.17, 15) is 18.0 Å². The highest BCUT2D eigenvalue weighted by Gasteiger charge is 2.28. The number of fused-ring (bicyclic) bond motifs is 1. The van der Waals surface area contributed by atoms with Gasteiger partial charge in [0.2, 0.25) is 21.8 Å². The fourth-order valence-corrected chi connectivity index (χ4v) is 5.22. The smallest absolute Gasteiger partial charge is 0.223 e. The molecule has 2 aliphatic heterocycles. The molecule has 3 rings (SSSR count). The number of benzene rings is 1. The van der Waals surface area contributed by atoms with Crippen LogP contribution in [0.2, 0.25) is 0 Å². The van der Waals surface area contributed by atoms with E-state index in [0.29, 0.717) is 45.4 Å². The summed E-state index contributed by atoms with van der Waals surface area (Å²) in [5.41, 5.74) is 2.10. The lowest BCUT2D eigenvalue weighted by Gasteiger charge is -2.31. The topological polar surface area (TPSA) is 96.0 Å². The van der Waals surface area contributed by atoms with Gasteiger partial charge in [-0.05, 0) is 42.5 Å². The average Bonchev–Trinajstić information content (AvgIpc) is 2.72. The zero-order valence-corrected chi connectivity index (χ0v) is 17.8. The molecule has 1 aromatic rings. The lowest BCUT2D eigenvalue weighted by atomic mass is 9.96. The molecule has 0 spiro atoms. The number of rotatable bonds is 6. The molecule has 0 bridgehead atoms. The quantitative estimate of drug-likeness (QED) is 0.729. The zero-order valence-electron chi connectivity index (χ0n) is 17.0. The van der Waals surface area contributed by atoms with Crippen LogP contribution in [-0.2, 0) is 32.6 Å².